The van der Waals surface area contributed by atoms with Crippen molar-refractivity contribution in [2.24, 2.45) is 0 Å². The average Bonchev–Trinajstić information content (AvgIpc) is 4.28. The fraction of sp³-hybridized carbons (Fsp3) is 0.0270. The van der Waals surface area contributed by atoms with Crippen LogP contribution in [0, 0.1) is 13.8 Å². The van der Waals surface area contributed by atoms with E-state index in [1.54, 1.807) is 0 Å². The minimum Gasteiger partial charge on any atom is -0.310 e. The number of hydrogen-bond donors (Lipinski definition) is 0. The summed E-state index contributed by atoms with van der Waals surface area (Å²) >= 11 is 3.75. The molecule has 0 radical (unpaired) electrons. The van der Waals surface area contributed by atoms with Crippen LogP contribution in [0.2, 0.25) is 0 Å². The van der Waals surface area contributed by atoms with Crippen molar-refractivity contribution in [3.8, 4) is 55.6 Å². The van der Waals surface area contributed by atoms with Gasteiger partial charge in [0.05, 0.1) is 11.4 Å². The molecule has 4 heteroatoms. The highest BCUT2D eigenvalue weighted by molar-refractivity contribution is 7.26. The molecule has 0 aliphatic carbocycles. The highest BCUT2D eigenvalue weighted by Crippen LogP contribution is 2.48. The number of para-hydroxylation sites is 2. The van der Waals surface area contributed by atoms with Crippen molar-refractivity contribution >= 4 is 97.1 Å². The van der Waals surface area contributed by atoms with E-state index in [4.69, 9.17) is 0 Å². The number of hydrogen-bond acceptors (Lipinski definition) is 4. The molecule has 0 N–H and O–H groups in total. The Kier molecular flexibility index (Phi) is 12.1. The molecule has 14 aromatic rings. The molecular weight excluding hydrogens is 981 g/mol. The summed E-state index contributed by atoms with van der Waals surface area (Å²) in [5.41, 5.74) is 21.1. The third kappa shape index (κ3) is 8.43. The Labute approximate surface area is 463 Å². The number of benzene rings is 12. The summed E-state index contributed by atoms with van der Waals surface area (Å²) in [4.78, 5) is 4.88. The van der Waals surface area contributed by atoms with Crippen LogP contribution in [0.1, 0.15) is 11.1 Å². The first kappa shape index (κ1) is 47.2. The van der Waals surface area contributed by atoms with Gasteiger partial charge in [0, 0.05) is 74.2 Å². The molecule has 0 bridgehead atoms. The number of thiophene rings is 2. The van der Waals surface area contributed by atoms with E-state index in [1.165, 1.54) is 107 Å². The summed E-state index contributed by atoms with van der Waals surface area (Å²) in [7, 11) is 0. The van der Waals surface area contributed by atoms with Crippen LogP contribution < -0.4 is 9.80 Å². The second kappa shape index (κ2) is 20.0. The van der Waals surface area contributed by atoms with Gasteiger partial charge in [0.15, 0.2) is 0 Å². The van der Waals surface area contributed by atoms with E-state index in [9.17, 15) is 0 Å². The lowest BCUT2D eigenvalue weighted by Crippen LogP contribution is -2.13. The van der Waals surface area contributed by atoms with E-state index < -0.39 is 0 Å². The highest BCUT2D eigenvalue weighted by Gasteiger charge is 2.23. The molecule has 14 rings (SSSR count). The quantitative estimate of drug-likeness (QED) is 0.127. The van der Waals surface area contributed by atoms with Crippen LogP contribution >= 0.6 is 22.7 Å². The van der Waals surface area contributed by atoms with Crippen LogP contribution in [0.4, 0.5) is 34.1 Å². The Morgan fingerprint density at radius 1 is 0.244 bits per heavy atom. The van der Waals surface area contributed by atoms with Crippen LogP contribution in [-0.2, 0) is 0 Å². The van der Waals surface area contributed by atoms with Gasteiger partial charge < -0.3 is 9.80 Å². The Balaban J connectivity index is 0.844. The summed E-state index contributed by atoms with van der Waals surface area (Å²) < 4.78 is 5.28. The molecule has 370 valence electrons. The van der Waals surface area contributed by atoms with Gasteiger partial charge in [-0.25, -0.2) is 0 Å². The molecule has 0 amide bonds. The van der Waals surface area contributed by atoms with E-state index in [0.29, 0.717) is 0 Å². The zero-order valence-corrected chi connectivity index (χ0v) is 44.9. The summed E-state index contributed by atoms with van der Waals surface area (Å²) in [5, 5.41) is 5.25. The van der Waals surface area contributed by atoms with Crippen LogP contribution in [0.3, 0.4) is 0 Å². The minimum absolute atomic E-state index is 1.10. The molecule has 2 nitrogen and oxygen atoms in total. The van der Waals surface area contributed by atoms with Crippen molar-refractivity contribution in [3.63, 3.8) is 0 Å². The maximum absolute atomic E-state index is 2.44. The van der Waals surface area contributed by atoms with Crippen molar-refractivity contribution in [2.75, 3.05) is 9.80 Å². The minimum atomic E-state index is 1.10. The largest absolute Gasteiger partial charge is 0.310 e. The van der Waals surface area contributed by atoms with Crippen LogP contribution in [0.15, 0.2) is 279 Å². The SMILES string of the molecule is Cc1cc(-c2ccc(N(c3ccc(-c4cccc5c4sc4ccccc45)cc3)c3ccccc3-c3ccccc3)c(C)c2)ccc1N(c1ccc(-c2cccc3c2sc2ccccc23)cc1)c1ccccc1-c1ccccc1. The van der Waals surface area contributed by atoms with Crippen molar-refractivity contribution in [1.82, 2.24) is 0 Å². The fourth-order valence-corrected chi connectivity index (χ4v) is 14.1. The predicted molar refractivity (Wildman–Crippen MR) is 338 cm³/mol. The van der Waals surface area contributed by atoms with Gasteiger partial charge in [0.25, 0.3) is 0 Å². The van der Waals surface area contributed by atoms with Crippen LogP contribution in [0.5, 0.6) is 0 Å². The van der Waals surface area contributed by atoms with Crippen molar-refractivity contribution in [3.05, 3.63) is 290 Å². The maximum Gasteiger partial charge on any atom is 0.0540 e. The van der Waals surface area contributed by atoms with Crippen molar-refractivity contribution in [2.45, 2.75) is 13.8 Å². The summed E-state index contributed by atoms with van der Waals surface area (Å²) in [6.07, 6.45) is 0. The zero-order chi connectivity index (χ0) is 52.1. The van der Waals surface area contributed by atoms with Gasteiger partial charge in [-0.3, -0.25) is 0 Å². The van der Waals surface area contributed by atoms with Gasteiger partial charge in [-0.15, -0.1) is 22.7 Å². The zero-order valence-electron chi connectivity index (χ0n) is 43.3. The maximum atomic E-state index is 2.44. The second-order valence-electron chi connectivity index (χ2n) is 20.1. The Hall–Kier alpha value is -9.32. The summed E-state index contributed by atoms with van der Waals surface area (Å²) in [6.45, 7) is 4.50. The fourth-order valence-electron chi connectivity index (χ4n) is 11.6. The summed E-state index contributed by atoms with van der Waals surface area (Å²) in [5.74, 6) is 0. The van der Waals surface area contributed by atoms with Gasteiger partial charge in [0.1, 0.15) is 0 Å². The number of anilines is 6. The van der Waals surface area contributed by atoms with Gasteiger partial charge in [-0.2, -0.15) is 0 Å². The smallest absolute Gasteiger partial charge is 0.0540 e. The number of aryl methyl sites for hydroxylation is 2. The highest BCUT2D eigenvalue weighted by atomic mass is 32.1. The molecule has 2 aromatic heterocycles. The van der Waals surface area contributed by atoms with E-state index in [2.05, 4.69) is 303 Å². The topological polar surface area (TPSA) is 6.48 Å². The number of fused-ring (bicyclic) bond motifs is 6. The van der Waals surface area contributed by atoms with Crippen LogP contribution in [0.25, 0.3) is 96.0 Å². The monoisotopic (exact) mass is 1030 g/mol. The molecule has 0 saturated heterocycles. The van der Waals surface area contributed by atoms with E-state index >= 15 is 0 Å². The lowest BCUT2D eigenvalue weighted by molar-refractivity contribution is 1.24. The lowest BCUT2D eigenvalue weighted by atomic mass is 9.96. The molecule has 0 aliphatic heterocycles. The predicted octanol–water partition coefficient (Wildman–Crippen LogP) is 22.3. The standard InChI is InChI=1S/C74H52N2S2/c1-49-47-55(39-45-67(49)75(69-31-13-9-23-59(69)51-19-5-3-6-20-51)57-41-35-53(36-42-57)61-27-17-29-65-63-25-11-15-33-71(63)77-73(61)65)56-40-46-68(50(2)48-56)76(70-32-14-10-24-60(70)52-21-7-4-8-22-52)58-43-37-54(38-44-58)62-28-18-30-66-64-26-12-16-34-72(64)78-74(62)66/h3-48H,1-2H3. The second-order valence-corrected chi connectivity index (χ2v) is 22.2. The molecule has 0 spiro atoms. The summed E-state index contributed by atoms with van der Waals surface area (Å²) in [6, 6.07) is 102. The van der Waals surface area contributed by atoms with Crippen LogP contribution in [-0.4, -0.2) is 0 Å². The van der Waals surface area contributed by atoms with Gasteiger partial charge in [-0.1, -0.05) is 206 Å². The van der Waals surface area contributed by atoms with E-state index in [1.807, 2.05) is 22.7 Å². The first-order chi connectivity index (χ1) is 38.5. The average molecular weight is 1030 g/mol. The van der Waals surface area contributed by atoms with Crippen molar-refractivity contribution in [1.29, 1.82) is 0 Å². The molecular formula is C74H52N2S2. The van der Waals surface area contributed by atoms with Gasteiger partial charge >= 0.3 is 0 Å². The third-order valence-electron chi connectivity index (χ3n) is 15.3. The molecule has 2 heterocycles. The molecule has 12 aromatic carbocycles. The van der Waals surface area contributed by atoms with E-state index in [0.717, 1.165) is 34.1 Å². The number of rotatable bonds is 11. The van der Waals surface area contributed by atoms with Gasteiger partial charge in [0.2, 0.25) is 0 Å². The first-order valence-electron chi connectivity index (χ1n) is 26.6. The molecule has 0 fully saturated rings. The Morgan fingerprint density at radius 2 is 0.577 bits per heavy atom. The lowest BCUT2D eigenvalue weighted by Gasteiger charge is -2.30. The first-order valence-corrected chi connectivity index (χ1v) is 28.3. The Bertz CT molecular complexity index is 4220. The normalized spacial score (nSPS) is 11.5. The Morgan fingerprint density at radius 3 is 1.00 bits per heavy atom. The van der Waals surface area contributed by atoms with Gasteiger partial charge in [-0.05, 0) is 142 Å². The molecule has 78 heavy (non-hydrogen) atoms. The third-order valence-corrected chi connectivity index (χ3v) is 17.8. The molecule has 0 aliphatic rings. The molecule has 0 unspecified atom stereocenters. The van der Waals surface area contributed by atoms with E-state index in [-0.39, 0.29) is 0 Å². The van der Waals surface area contributed by atoms with Crippen molar-refractivity contribution < 1.29 is 0 Å². The molecule has 0 atom stereocenters. The molecule has 0 saturated carbocycles. The number of nitrogens with zero attached hydrogens (tertiary/aromatic N) is 2.